The Hall–Kier alpha value is -0.570. The molecule has 1 atom stereocenters. The molecule has 1 unspecified atom stereocenters. The smallest absolute Gasteiger partial charge is 0.307 e. The maximum absolute atomic E-state index is 10.8. The van der Waals surface area contributed by atoms with Crippen LogP contribution in [-0.4, -0.2) is 35.6 Å². The molecule has 0 aliphatic carbocycles. The van der Waals surface area contributed by atoms with E-state index in [4.69, 9.17) is 5.11 Å². The minimum atomic E-state index is -0.620. The van der Waals surface area contributed by atoms with Gasteiger partial charge in [-0.25, -0.2) is 0 Å². The van der Waals surface area contributed by atoms with Gasteiger partial charge in [-0.1, -0.05) is 39.0 Å². The molecule has 1 heterocycles. The summed E-state index contributed by atoms with van der Waals surface area (Å²) in [6.45, 7) is 5.07. The van der Waals surface area contributed by atoms with Crippen molar-refractivity contribution in [3.63, 3.8) is 0 Å². The molecule has 1 rings (SSSR count). The van der Waals surface area contributed by atoms with Gasteiger partial charge in [-0.15, -0.1) is 0 Å². The van der Waals surface area contributed by atoms with E-state index in [0.29, 0.717) is 0 Å². The van der Waals surface area contributed by atoms with Gasteiger partial charge in [0, 0.05) is 6.54 Å². The first kappa shape index (κ1) is 13.5. The summed E-state index contributed by atoms with van der Waals surface area (Å²) >= 11 is 0. The van der Waals surface area contributed by atoms with Gasteiger partial charge in [-0.3, -0.25) is 4.79 Å². The van der Waals surface area contributed by atoms with Crippen molar-refractivity contribution < 1.29 is 9.90 Å². The first-order valence-electron chi connectivity index (χ1n) is 6.69. The van der Waals surface area contributed by atoms with Crippen molar-refractivity contribution in [2.24, 2.45) is 5.92 Å². The van der Waals surface area contributed by atoms with Crippen molar-refractivity contribution in [3.8, 4) is 0 Å². The van der Waals surface area contributed by atoms with E-state index in [9.17, 15) is 4.79 Å². The number of hydrogen-bond donors (Lipinski definition) is 1. The van der Waals surface area contributed by atoms with Crippen LogP contribution in [0.4, 0.5) is 0 Å². The van der Waals surface area contributed by atoms with E-state index in [0.717, 1.165) is 26.1 Å². The summed E-state index contributed by atoms with van der Waals surface area (Å²) in [5, 5.41) is 8.87. The minimum Gasteiger partial charge on any atom is -0.481 e. The van der Waals surface area contributed by atoms with Gasteiger partial charge in [0.1, 0.15) is 0 Å². The molecule has 1 fully saturated rings. The van der Waals surface area contributed by atoms with Crippen molar-refractivity contribution in [3.05, 3.63) is 0 Å². The average molecular weight is 227 g/mol. The molecule has 0 bridgehead atoms. The van der Waals surface area contributed by atoms with Gasteiger partial charge < -0.3 is 10.0 Å². The number of rotatable bonds is 8. The summed E-state index contributed by atoms with van der Waals surface area (Å²) in [6, 6.07) is 0. The molecule has 0 spiro atoms. The van der Waals surface area contributed by atoms with Gasteiger partial charge in [-0.2, -0.15) is 0 Å². The Kier molecular flexibility index (Phi) is 6.46. The van der Waals surface area contributed by atoms with Crippen molar-refractivity contribution >= 4 is 5.97 Å². The van der Waals surface area contributed by atoms with E-state index in [1.54, 1.807) is 0 Å². The molecule has 1 aliphatic heterocycles. The maximum atomic E-state index is 10.8. The van der Waals surface area contributed by atoms with Crippen LogP contribution in [0.15, 0.2) is 0 Å². The maximum Gasteiger partial charge on any atom is 0.307 e. The minimum absolute atomic E-state index is 0.111. The van der Waals surface area contributed by atoms with Crippen LogP contribution in [0.1, 0.15) is 51.9 Å². The molecule has 0 aromatic carbocycles. The molecule has 0 saturated carbocycles. The lowest BCUT2D eigenvalue weighted by atomic mass is 10.1. The van der Waals surface area contributed by atoms with Crippen LogP contribution in [0.3, 0.4) is 0 Å². The molecule has 94 valence electrons. The lowest BCUT2D eigenvalue weighted by Gasteiger charge is -2.14. The third kappa shape index (κ3) is 4.97. The molecule has 0 radical (unpaired) electrons. The average Bonchev–Trinajstić information content (AvgIpc) is 2.72. The first-order valence-corrected chi connectivity index (χ1v) is 6.69. The largest absolute Gasteiger partial charge is 0.481 e. The Morgan fingerprint density at radius 1 is 1.25 bits per heavy atom. The van der Waals surface area contributed by atoms with Crippen LogP contribution in [0.2, 0.25) is 0 Å². The van der Waals surface area contributed by atoms with Gasteiger partial charge in [-0.05, 0) is 25.9 Å². The number of hydrogen-bond acceptors (Lipinski definition) is 2. The SMILES string of the molecule is CCCCCCCCN1CCC(C(=O)O)C1. The van der Waals surface area contributed by atoms with Crippen molar-refractivity contribution in [2.45, 2.75) is 51.9 Å². The number of unbranched alkanes of at least 4 members (excludes halogenated alkanes) is 5. The molecule has 1 saturated heterocycles. The monoisotopic (exact) mass is 227 g/mol. The zero-order valence-electron chi connectivity index (χ0n) is 10.5. The van der Waals surface area contributed by atoms with E-state index < -0.39 is 5.97 Å². The van der Waals surface area contributed by atoms with Crippen molar-refractivity contribution in [1.29, 1.82) is 0 Å². The summed E-state index contributed by atoms with van der Waals surface area (Å²) in [5.74, 6) is -0.731. The van der Waals surface area contributed by atoms with Crippen LogP contribution in [0.5, 0.6) is 0 Å². The molecule has 1 aliphatic rings. The number of carbonyl (C=O) groups is 1. The lowest BCUT2D eigenvalue weighted by Crippen LogP contribution is -2.24. The second-order valence-electron chi connectivity index (χ2n) is 4.89. The topological polar surface area (TPSA) is 40.5 Å². The lowest BCUT2D eigenvalue weighted by molar-refractivity contribution is -0.141. The fourth-order valence-corrected chi connectivity index (χ4v) is 2.35. The van der Waals surface area contributed by atoms with Crippen LogP contribution in [0.25, 0.3) is 0 Å². The zero-order valence-corrected chi connectivity index (χ0v) is 10.5. The highest BCUT2D eigenvalue weighted by Gasteiger charge is 2.27. The summed E-state index contributed by atoms with van der Waals surface area (Å²) in [4.78, 5) is 13.1. The zero-order chi connectivity index (χ0) is 11.8. The van der Waals surface area contributed by atoms with Gasteiger partial charge >= 0.3 is 5.97 Å². The van der Waals surface area contributed by atoms with Crippen molar-refractivity contribution in [1.82, 2.24) is 4.90 Å². The summed E-state index contributed by atoms with van der Waals surface area (Å²) in [7, 11) is 0. The van der Waals surface area contributed by atoms with Gasteiger partial charge in [0.2, 0.25) is 0 Å². The van der Waals surface area contributed by atoms with Crippen LogP contribution < -0.4 is 0 Å². The molecular weight excluding hydrogens is 202 g/mol. The van der Waals surface area contributed by atoms with E-state index in [-0.39, 0.29) is 5.92 Å². The number of carboxylic acids is 1. The third-order valence-corrected chi connectivity index (χ3v) is 3.45. The van der Waals surface area contributed by atoms with Crippen LogP contribution in [0, 0.1) is 5.92 Å². The molecular formula is C13H25NO2. The fourth-order valence-electron chi connectivity index (χ4n) is 2.35. The predicted octanol–water partition coefficient (Wildman–Crippen LogP) is 2.75. The quantitative estimate of drug-likeness (QED) is 0.648. The summed E-state index contributed by atoms with van der Waals surface area (Å²) < 4.78 is 0. The second-order valence-corrected chi connectivity index (χ2v) is 4.89. The van der Waals surface area contributed by atoms with Gasteiger partial charge in [0.15, 0.2) is 0 Å². The highest BCUT2D eigenvalue weighted by Crippen LogP contribution is 2.17. The Balaban J connectivity index is 1.96. The second kappa shape index (κ2) is 7.66. The first-order chi connectivity index (χ1) is 7.74. The molecule has 0 aromatic heterocycles. The molecule has 1 N–H and O–H groups in total. The van der Waals surface area contributed by atoms with E-state index >= 15 is 0 Å². The van der Waals surface area contributed by atoms with E-state index in [2.05, 4.69) is 11.8 Å². The van der Waals surface area contributed by atoms with Gasteiger partial charge in [0.25, 0.3) is 0 Å². The number of aliphatic carboxylic acids is 1. The molecule has 0 aromatic rings. The van der Waals surface area contributed by atoms with Gasteiger partial charge in [0.05, 0.1) is 5.92 Å². The molecule has 3 heteroatoms. The number of nitrogens with zero attached hydrogens (tertiary/aromatic N) is 1. The molecule has 16 heavy (non-hydrogen) atoms. The van der Waals surface area contributed by atoms with Crippen molar-refractivity contribution in [2.75, 3.05) is 19.6 Å². The van der Waals surface area contributed by atoms with E-state index in [1.807, 2.05) is 0 Å². The van der Waals surface area contributed by atoms with Crippen LogP contribution >= 0.6 is 0 Å². The van der Waals surface area contributed by atoms with E-state index in [1.165, 1.54) is 38.5 Å². The highest BCUT2D eigenvalue weighted by molar-refractivity contribution is 5.70. The third-order valence-electron chi connectivity index (χ3n) is 3.45. The Morgan fingerprint density at radius 3 is 2.56 bits per heavy atom. The Morgan fingerprint density at radius 2 is 1.94 bits per heavy atom. The number of carboxylic acid groups (broad SMARTS) is 1. The predicted molar refractivity (Wildman–Crippen MR) is 65.6 cm³/mol. The molecule has 0 amide bonds. The fraction of sp³-hybridized carbons (Fsp3) is 0.923. The Bertz CT molecular complexity index is 206. The Labute approximate surface area is 98.8 Å². The normalized spacial score (nSPS) is 21.4. The highest BCUT2D eigenvalue weighted by atomic mass is 16.4. The van der Waals surface area contributed by atoms with Crippen LogP contribution in [-0.2, 0) is 4.79 Å². The summed E-state index contributed by atoms with van der Waals surface area (Å²) in [6.07, 6.45) is 8.71. The standard InChI is InChI=1S/C13H25NO2/c1-2-3-4-5-6-7-9-14-10-8-12(11-14)13(15)16/h12H,2-11H2,1H3,(H,15,16). The molecule has 3 nitrogen and oxygen atoms in total. The summed E-state index contributed by atoms with van der Waals surface area (Å²) in [5.41, 5.74) is 0. The number of likely N-dealkylation sites (tertiary alicyclic amines) is 1.